The van der Waals surface area contributed by atoms with Crippen molar-refractivity contribution < 1.29 is 27.5 Å². The summed E-state index contributed by atoms with van der Waals surface area (Å²) in [6.45, 7) is 1.14. The first-order chi connectivity index (χ1) is 13.8. The van der Waals surface area contributed by atoms with Gasteiger partial charge in [-0.2, -0.15) is 13.2 Å². The molecule has 1 atom stereocenters. The fraction of sp³-hybridized carbons (Fsp3) is 0.333. The van der Waals surface area contributed by atoms with Crippen LogP contribution in [-0.4, -0.2) is 31.1 Å². The van der Waals surface area contributed by atoms with Crippen LogP contribution in [0.25, 0.3) is 0 Å². The van der Waals surface area contributed by atoms with E-state index in [4.69, 9.17) is 4.74 Å². The van der Waals surface area contributed by atoms with Crippen LogP contribution < -0.4 is 10.2 Å². The molecule has 1 fully saturated rings. The van der Waals surface area contributed by atoms with Gasteiger partial charge in [-0.15, -0.1) is 0 Å². The van der Waals surface area contributed by atoms with E-state index < -0.39 is 23.8 Å². The molecule has 8 heteroatoms. The predicted octanol–water partition coefficient (Wildman–Crippen LogP) is 4.03. The van der Waals surface area contributed by atoms with E-state index >= 15 is 0 Å². The molecule has 4 rings (SSSR count). The van der Waals surface area contributed by atoms with E-state index in [1.54, 1.807) is 17.0 Å². The number of carbonyl (C=O) groups is 2. The molecule has 5 nitrogen and oxygen atoms in total. The van der Waals surface area contributed by atoms with Crippen molar-refractivity contribution in [2.75, 3.05) is 23.4 Å². The van der Waals surface area contributed by atoms with Gasteiger partial charge < -0.3 is 15.0 Å². The van der Waals surface area contributed by atoms with Crippen molar-refractivity contribution in [3.05, 3.63) is 59.2 Å². The van der Waals surface area contributed by atoms with Gasteiger partial charge >= 0.3 is 6.18 Å². The summed E-state index contributed by atoms with van der Waals surface area (Å²) in [7, 11) is 0. The molecule has 2 aliphatic heterocycles. The van der Waals surface area contributed by atoms with Crippen molar-refractivity contribution in [2.24, 2.45) is 0 Å². The summed E-state index contributed by atoms with van der Waals surface area (Å²) in [5.74, 6) is -0.596. The maximum absolute atomic E-state index is 12.7. The molecule has 1 unspecified atom stereocenters. The van der Waals surface area contributed by atoms with Crippen LogP contribution in [0.3, 0.4) is 0 Å². The molecule has 2 aliphatic rings. The van der Waals surface area contributed by atoms with E-state index in [2.05, 4.69) is 5.32 Å². The van der Waals surface area contributed by atoms with Gasteiger partial charge in [0.1, 0.15) is 6.10 Å². The van der Waals surface area contributed by atoms with Gasteiger partial charge in [-0.05, 0) is 61.2 Å². The number of amides is 2. The number of hydrogen-bond donors (Lipinski definition) is 1. The second-order valence-electron chi connectivity index (χ2n) is 7.11. The number of nitrogens with one attached hydrogen (secondary N) is 1. The number of fused-ring (bicyclic) bond motifs is 1. The van der Waals surface area contributed by atoms with E-state index in [9.17, 15) is 22.8 Å². The number of alkyl halides is 3. The third-order valence-electron chi connectivity index (χ3n) is 5.18. The first-order valence-electron chi connectivity index (χ1n) is 9.37. The van der Waals surface area contributed by atoms with Crippen molar-refractivity contribution >= 4 is 23.2 Å². The lowest BCUT2D eigenvalue weighted by atomic mass is 10.1. The average molecular weight is 404 g/mol. The second kappa shape index (κ2) is 7.51. The molecule has 2 aromatic rings. The van der Waals surface area contributed by atoms with E-state index in [-0.39, 0.29) is 11.5 Å². The molecule has 1 saturated heterocycles. The fourth-order valence-corrected chi connectivity index (χ4v) is 3.65. The molecule has 2 aromatic carbocycles. The van der Waals surface area contributed by atoms with Crippen LogP contribution in [-0.2, 0) is 22.1 Å². The average Bonchev–Trinajstić information content (AvgIpc) is 3.37. The molecule has 0 aromatic heterocycles. The Bertz CT molecular complexity index is 935. The van der Waals surface area contributed by atoms with Crippen molar-refractivity contribution in [2.45, 2.75) is 31.5 Å². The SMILES string of the molecule is O=C(Nc1ccc2c(c1)N(C(=O)C1CCCO1)CC2)c1ccc(C(F)(F)F)cc1. The van der Waals surface area contributed by atoms with Crippen LogP contribution in [0.5, 0.6) is 0 Å². The molecule has 29 heavy (non-hydrogen) atoms. The lowest BCUT2D eigenvalue weighted by Gasteiger charge is -2.21. The maximum Gasteiger partial charge on any atom is 0.416 e. The number of anilines is 2. The molecular formula is C21H19F3N2O3. The van der Waals surface area contributed by atoms with Gasteiger partial charge in [0.05, 0.1) is 5.56 Å². The number of benzene rings is 2. The molecule has 2 amide bonds. The minimum absolute atomic E-state index is 0.0764. The number of rotatable bonds is 3. The summed E-state index contributed by atoms with van der Waals surface area (Å²) in [6.07, 6.45) is -2.59. The van der Waals surface area contributed by atoms with Crippen molar-refractivity contribution in [3.8, 4) is 0 Å². The van der Waals surface area contributed by atoms with E-state index in [0.717, 1.165) is 48.4 Å². The summed E-state index contributed by atoms with van der Waals surface area (Å²) in [5.41, 5.74) is 1.51. The number of halogens is 3. The summed E-state index contributed by atoms with van der Waals surface area (Å²) in [5, 5.41) is 2.69. The molecule has 0 aliphatic carbocycles. The molecule has 0 radical (unpaired) electrons. The minimum Gasteiger partial charge on any atom is -0.368 e. The lowest BCUT2D eigenvalue weighted by molar-refractivity contribution is -0.137. The van der Waals surface area contributed by atoms with Gasteiger partial charge in [0.2, 0.25) is 0 Å². The Morgan fingerprint density at radius 2 is 1.86 bits per heavy atom. The Labute approximate surface area is 165 Å². The largest absolute Gasteiger partial charge is 0.416 e. The standard InChI is InChI=1S/C21H19F3N2O3/c22-21(23,24)15-6-3-14(4-7-15)19(27)25-16-8-5-13-9-10-26(17(13)12-16)20(28)18-2-1-11-29-18/h3-8,12,18H,1-2,9-11H2,(H,25,27). The van der Waals surface area contributed by atoms with Crippen LogP contribution in [0, 0.1) is 0 Å². The monoisotopic (exact) mass is 404 g/mol. The number of ether oxygens (including phenoxy) is 1. The van der Waals surface area contributed by atoms with Gasteiger partial charge in [0.15, 0.2) is 0 Å². The topological polar surface area (TPSA) is 58.6 Å². The van der Waals surface area contributed by atoms with Gasteiger partial charge in [0.25, 0.3) is 11.8 Å². The van der Waals surface area contributed by atoms with E-state index in [1.807, 2.05) is 6.07 Å². The zero-order valence-electron chi connectivity index (χ0n) is 15.5. The number of carbonyl (C=O) groups excluding carboxylic acids is 2. The van der Waals surface area contributed by atoms with Crippen molar-refractivity contribution in [1.29, 1.82) is 0 Å². The van der Waals surface area contributed by atoms with Crippen molar-refractivity contribution in [3.63, 3.8) is 0 Å². The predicted molar refractivity (Wildman–Crippen MR) is 101 cm³/mol. The molecule has 0 saturated carbocycles. The summed E-state index contributed by atoms with van der Waals surface area (Å²) in [6, 6.07) is 9.31. The second-order valence-corrected chi connectivity index (χ2v) is 7.11. The summed E-state index contributed by atoms with van der Waals surface area (Å²) in [4.78, 5) is 26.8. The zero-order chi connectivity index (χ0) is 20.6. The van der Waals surface area contributed by atoms with Crippen LogP contribution in [0.15, 0.2) is 42.5 Å². The Kier molecular flexibility index (Phi) is 5.04. The normalized spacial score (nSPS) is 18.6. The summed E-state index contributed by atoms with van der Waals surface area (Å²) >= 11 is 0. The first kappa shape index (κ1) is 19.4. The highest BCUT2D eigenvalue weighted by molar-refractivity contribution is 6.05. The zero-order valence-corrected chi connectivity index (χ0v) is 15.5. The molecule has 2 heterocycles. The lowest BCUT2D eigenvalue weighted by Crippen LogP contribution is -2.37. The van der Waals surface area contributed by atoms with Crippen LogP contribution in [0.4, 0.5) is 24.5 Å². The van der Waals surface area contributed by atoms with Crippen molar-refractivity contribution in [1.82, 2.24) is 0 Å². The molecule has 152 valence electrons. The third-order valence-corrected chi connectivity index (χ3v) is 5.18. The van der Waals surface area contributed by atoms with Crippen LogP contribution >= 0.6 is 0 Å². The van der Waals surface area contributed by atoms with Gasteiger partial charge in [0, 0.05) is 30.1 Å². The molecule has 0 spiro atoms. The quantitative estimate of drug-likeness (QED) is 0.841. The van der Waals surface area contributed by atoms with E-state index in [0.29, 0.717) is 25.3 Å². The molecule has 1 N–H and O–H groups in total. The highest BCUT2D eigenvalue weighted by Gasteiger charge is 2.33. The van der Waals surface area contributed by atoms with Gasteiger partial charge in [-0.1, -0.05) is 6.07 Å². The number of hydrogen-bond acceptors (Lipinski definition) is 3. The Hall–Kier alpha value is -2.87. The Morgan fingerprint density at radius 3 is 2.52 bits per heavy atom. The van der Waals surface area contributed by atoms with Gasteiger partial charge in [-0.3, -0.25) is 9.59 Å². The highest BCUT2D eigenvalue weighted by atomic mass is 19.4. The first-order valence-corrected chi connectivity index (χ1v) is 9.37. The third kappa shape index (κ3) is 3.98. The Morgan fingerprint density at radius 1 is 1.10 bits per heavy atom. The fourth-order valence-electron chi connectivity index (χ4n) is 3.65. The smallest absolute Gasteiger partial charge is 0.368 e. The molecule has 0 bridgehead atoms. The maximum atomic E-state index is 12.7. The molecular weight excluding hydrogens is 385 g/mol. The van der Waals surface area contributed by atoms with Crippen LogP contribution in [0.2, 0.25) is 0 Å². The van der Waals surface area contributed by atoms with E-state index in [1.165, 1.54) is 0 Å². The summed E-state index contributed by atoms with van der Waals surface area (Å²) < 4.78 is 43.5. The highest BCUT2D eigenvalue weighted by Crippen LogP contribution is 2.33. The number of nitrogens with zero attached hydrogens (tertiary/aromatic N) is 1. The Balaban J connectivity index is 1.49. The van der Waals surface area contributed by atoms with Gasteiger partial charge in [-0.25, -0.2) is 0 Å². The minimum atomic E-state index is -4.45. The van der Waals surface area contributed by atoms with Crippen LogP contribution in [0.1, 0.15) is 34.3 Å².